The van der Waals surface area contributed by atoms with Gasteiger partial charge in [0.25, 0.3) is 11.8 Å². The molecule has 0 unspecified atom stereocenters. The molecule has 8 heteroatoms. The lowest BCUT2D eigenvalue weighted by molar-refractivity contribution is 0.0993. The molecule has 0 spiro atoms. The summed E-state index contributed by atoms with van der Waals surface area (Å²) >= 11 is 3.49. The predicted octanol–water partition coefficient (Wildman–Crippen LogP) is 6.43. The number of aromatic nitrogens is 1. The van der Waals surface area contributed by atoms with Crippen LogP contribution in [-0.2, 0) is 0 Å². The summed E-state index contributed by atoms with van der Waals surface area (Å²) in [6, 6.07) is 17.4. The first-order chi connectivity index (χ1) is 15.3. The van der Waals surface area contributed by atoms with E-state index in [2.05, 4.69) is 36.5 Å². The molecule has 7 nitrogen and oxygen atoms in total. The highest BCUT2D eigenvalue weighted by atomic mass is 79.9. The monoisotopic (exact) mass is 490 g/mol. The topological polar surface area (TPSA) is 107 Å². The van der Waals surface area contributed by atoms with Crippen molar-refractivity contribution >= 4 is 50.0 Å². The zero-order valence-electron chi connectivity index (χ0n) is 17.3. The van der Waals surface area contributed by atoms with E-state index < -0.39 is 5.91 Å². The summed E-state index contributed by atoms with van der Waals surface area (Å²) < 4.78 is 0.765. The van der Waals surface area contributed by atoms with Gasteiger partial charge in [0.05, 0.1) is 5.52 Å². The number of fused-ring (bicyclic) bond motifs is 1. The Kier molecular flexibility index (Phi) is 5.87. The molecule has 0 bridgehead atoms. The molecule has 3 aromatic carbocycles. The molecular formula is C24H19BrN4O3. The average Bonchev–Trinajstić information content (AvgIpc) is 3.11. The predicted molar refractivity (Wildman–Crippen MR) is 127 cm³/mol. The Morgan fingerprint density at radius 1 is 0.969 bits per heavy atom. The Labute approximate surface area is 192 Å². The minimum absolute atomic E-state index is 0.169. The van der Waals surface area contributed by atoms with Gasteiger partial charge in [-0.15, -0.1) is 10.2 Å². The van der Waals surface area contributed by atoms with Gasteiger partial charge in [-0.25, -0.2) is 0 Å². The summed E-state index contributed by atoms with van der Waals surface area (Å²) in [4.78, 5) is 27.7. The number of aromatic hydroxyl groups is 1. The van der Waals surface area contributed by atoms with Gasteiger partial charge in [-0.2, -0.15) is 0 Å². The Morgan fingerprint density at radius 2 is 1.69 bits per heavy atom. The van der Waals surface area contributed by atoms with E-state index in [1.54, 1.807) is 36.4 Å². The van der Waals surface area contributed by atoms with Crippen LogP contribution in [0, 0.1) is 13.8 Å². The van der Waals surface area contributed by atoms with Gasteiger partial charge in [-0.3, -0.25) is 9.59 Å². The molecule has 0 fully saturated rings. The number of azo groups is 1. The molecule has 1 aromatic heterocycles. The van der Waals surface area contributed by atoms with Crippen molar-refractivity contribution in [2.24, 2.45) is 10.2 Å². The third-order valence-electron chi connectivity index (χ3n) is 5.07. The number of nitrogens with zero attached hydrogens (tertiary/aromatic N) is 2. The number of rotatable bonds is 4. The number of hydrogen-bond acceptors (Lipinski definition) is 4. The number of carbonyl (C=O) groups excluding carboxylic acids is 2. The number of nitrogens with one attached hydrogen (secondary N) is 2. The molecule has 0 aliphatic carbocycles. The standard InChI is InChI=1S/C24H19BrN4O3/c1-13-5-3-4-6-17(13)23(31)26-16-10-8-15(9-11-16)22(30)29-28-21-19-18(27-24(21)32)12-7-14(2)20(19)25/h3-12,27,32H,1-2H3,(H,26,31). The first kappa shape index (κ1) is 21.5. The van der Waals surface area contributed by atoms with Crippen LogP contribution in [0.4, 0.5) is 11.4 Å². The smallest absolute Gasteiger partial charge is 0.295 e. The summed E-state index contributed by atoms with van der Waals surface area (Å²) in [5, 5.41) is 21.4. The summed E-state index contributed by atoms with van der Waals surface area (Å²) in [5.41, 5.74) is 4.14. The van der Waals surface area contributed by atoms with Gasteiger partial charge in [0.1, 0.15) is 0 Å². The molecule has 1 heterocycles. The lowest BCUT2D eigenvalue weighted by Crippen LogP contribution is -2.13. The lowest BCUT2D eigenvalue weighted by Gasteiger charge is -2.07. The molecule has 0 radical (unpaired) electrons. The summed E-state index contributed by atoms with van der Waals surface area (Å²) in [6.07, 6.45) is 0. The molecule has 0 saturated heterocycles. The Bertz CT molecular complexity index is 1370. The van der Waals surface area contributed by atoms with Gasteiger partial charge in [0, 0.05) is 26.7 Å². The van der Waals surface area contributed by atoms with Gasteiger partial charge in [-0.1, -0.05) is 24.3 Å². The van der Waals surface area contributed by atoms with Crippen LogP contribution in [0.1, 0.15) is 31.8 Å². The summed E-state index contributed by atoms with van der Waals surface area (Å²) in [6.45, 7) is 3.78. The highest BCUT2D eigenvalue weighted by Crippen LogP contribution is 2.41. The normalized spacial score (nSPS) is 11.2. The first-order valence-corrected chi connectivity index (χ1v) is 10.6. The van der Waals surface area contributed by atoms with Crippen molar-refractivity contribution in [3.05, 3.63) is 87.4 Å². The summed E-state index contributed by atoms with van der Waals surface area (Å²) in [5.74, 6) is -0.964. The van der Waals surface area contributed by atoms with E-state index in [-0.39, 0.29) is 17.5 Å². The maximum atomic E-state index is 12.5. The molecule has 32 heavy (non-hydrogen) atoms. The number of anilines is 1. The molecule has 0 saturated carbocycles. The van der Waals surface area contributed by atoms with Crippen molar-refractivity contribution < 1.29 is 14.7 Å². The largest absolute Gasteiger partial charge is 0.493 e. The van der Waals surface area contributed by atoms with Crippen LogP contribution in [0.15, 0.2) is 75.4 Å². The van der Waals surface area contributed by atoms with E-state index in [0.29, 0.717) is 27.7 Å². The SMILES string of the molecule is Cc1ccccc1C(=O)Nc1ccc(C(=O)N=Nc2c(O)[nH]c3ccc(C)c(Br)c23)cc1. The van der Waals surface area contributed by atoms with Crippen LogP contribution in [0.3, 0.4) is 0 Å². The quantitative estimate of drug-likeness (QED) is 0.287. The van der Waals surface area contributed by atoms with Crippen molar-refractivity contribution in [1.82, 2.24) is 4.98 Å². The molecule has 0 atom stereocenters. The fourth-order valence-electron chi connectivity index (χ4n) is 3.29. The van der Waals surface area contributed by atoms with Gasteiger partial charge in [-0.05, 0) is 77.3 Å². The molecule has 4 rings (SSSR count). The zero-order valence-corrected chi connectivity index (χ0v) is 18.9. The molecule has 4 aromatic rings. The molecule has 2 amide bonds. The third-order valence-corrected chi connectivity index (χ3v) is 6.09. The number of benzene rings is 3. The molecule has 0 aliphatic rings. The van der Waals surface area contributed by atoms with Crippen LogP contribution in [0.5, 0.6) is 5.88 Å². The molecule has 160 valence electrons. The van der Waals surface area contributed by atoms with Crippen LogP contribution in [-0.4, -0.2) is 21.9 Å². The van der Waals surface area contributed by atoms with Gasteiger partial charge in [0.15, 0.2) is 5.69 Å². The minimum atomic E-state index is -0.570. The fourth-order valence-corrected chi connectivity index (χ4v) is 3.83. The maximum Gasteiger partial charge on any atom is 0.295 e. The van der Waals surface area contributed by atoms with Crippen molar-refractivity contribution in [2.45, 2.75) is 13.8 Å². The Balaban J connectivity index is 1.51. The highest BCUT2D eigenvalue weighted by molar-refractivity contribution is 9.10. The third kappa shape index (κ3) is 4.17. The van der Waals surface area contributed by atoms with E-state index >= 15 is 0 Å². The van der Waals surface area contributed by atoms with Crippen molar-refractivity contribution in [1.29, 1.82) is 0 Å². The number of carbonyl (C=O) groups is 2. The van der Waals surface area contributed by atoms with Crippen LogP contribution in [0.25, 0.3) is 10.9 Å². The number of H-pyrrole nitrogens is 1. The number of halogens is 1. The Morgan fingerprint density at radius 3 is 2.41 bits per heavy atom. The van der Waals surface area contributed by atoms with Crippen LogP contribution in [0.2, 0.25) is 0 Å². The first-order valence-electron chi connectivity index (χ1n) is 9.78. The van der Waals surface area contributed by atoms with E-state index in [1.807, 2.05) is 38.1 Å². The average molecular weight is 491 g/mol. The van der Waals surface area contributed by atoms with Crippen molar-refractivity contribution in [3.63, 3.8) is 0 Å². The van der Waals surface area contributed by atoms with Gasteiger partial charge in [0.2, 0.25) is 5.88 Å². The summed E-state index contributed by atoms with van der Waals surface area (Å²) in [7, 11) is 0. The minimum Gasteiger partial charge on any atom is -0.493 e. The second-order valence-corrected chi connectivity index (χ2v) is 8.09. The van der Waals surface area contributed by atoms with E-state index in [1.165, 1.54) is 0 Å². The van der Waals surface area contributed by atoms with Crippen LogP contribution < -0.4 is 5.32 Å². The molecular weight excluding hydrogens is 472 g/mol. The van der Waals surface area contributed by atoms with E-state index in [9.17, 15) is 14.7 Å². The lowest BCUT2D eigenvalue weighted by atomic mass is 10.1. The zero-order chi connectivity index (χ0) is 22.8. The number of amides is 2. The van der Waals surface area contributed by atoms with Gasteiger partial charge < -0.3 is 15.4 Å². The molecule has 3 N–H and O–H groups in total. The fraction of sp³-hybridized carbons (Fsp3) is 0.0833. The van der Waals surface area contributed by atoms with Gasteiger partial charge >= 0.3 is 0 Å². The van der Waals surface area contributed by atoms with Crippen LogP contribution >= 0.6 is 15.9 Å². The Hall–Kier alpha value is -3.78. The second kappa shape index (κ2) is 8.76. The van der Waals surface area contributed by atoms with Crippen molar-refractivity contribution in [3.8, 4) is 5.88 Å². The van der Waals surface area contributed by atoms with E-state index in [4.69, 9.17) is 0 Å². The number of hydrogen-bond donors (Lipinski definition) is 3. The van der Waals surface area contributed by atoms with Crippen molar-refractivity contribution in [2.75, 3.05) is 5.32 Å². The van der Waals surface area contributed by atoms with E-state index in [0.717, 1.165) is 15.6 Å². The highest BCUT2D eigenvalue weighted by Gasteiger charge is 2.16. The second-order valence-electron chi connectivity index (χ2n) is 7.29. The number of aromatic amines is 1. The maximum absolute atomic E-state index is 12.5. The number of aryl methyl sites for hydroxylation is 2. The molecule has 0 aliphatic heterocycles.